The number of anilines is 1. The molecule has 2 aromatic heterocycles. The Bertz CT molecular complexity index is 1620. The molecule has 0 atom stereocenters. The zero-order valence-corrected chi connectivity index (χ0v) is 24.4. The summed E-state index contributed by atoms with van der Waals surface area (Å²) in [4.78, 5) is 22.7. The summed E-state index contributed by atoms with van der Waals surface area (Å²) in [5, 5.41) is 5.12. The van der Waals surface area contributed by atoms with E-state index in [-0.39, 0.29) is 5.41 Å². The number of pyridine rings is 1. The number of amides is 1. The second-order valence-corrected chi connectivity index (χ2v) is 12.3. The predicted molar refractivity (Wildman–Crippen MR) is 166 cm³/mol. The Morgan fingerprint density at radius 1 is 1.12 bits per heavy atom. The molecule has 0 unspecified atom stereocenters. The first-order valence-corrected chi connectivity index (χ1v) is 14.6. The number of carbonyl (C=O) groups excluding carboxylic acids is 1. The minimum absolute atomic E-state index is 0.216. The van der Waals surface area contributed by atoms with E-state index < -0.39 is 5.91 Å². The molecule has 8 heteroatoms. The van der Waals surface area contributed by atoms with E-state index >= 15 is 0 Å². The van der Waals surface area contributed by atoms with E-state index in [1.165, 1.54) is 16.7 Å². The predicted octanol–water partition coefficient (Wildman–Crippen LogP) is 6.72. The number of nitrogens with two attached hydrogens (primary N) is 1. The average molecular weight is 570 g/mol. The molecule has 3 heterocycles. The largest absolute Gasteiger partial charge is 0.453 e. The van der Waals surface area contributed by atoms with Crippen LogP contribution in [0.2, 0.25) is 5.02 Å². The van der Waals surface area contributed by atoms with Crippen LogP contribution in [0.4, 0.5) is 5.69 Å². The number of aromatic nitrogens is 2. The first-order chi connectivity index (χ1) is 19.8. The monoisotopic (exact) mass is 569 g/mol. The molecule has 4 N–H and O–H groups in total. The van der Waals surface area contributed by atoms with Gasteiger partial charge in [0.15, 0.2) is 5.75 Å². The van der Waals surface area contributed by atoms with Crippen molar-refractivity contribution < 1.29 is 9.53 Å². The maximum Gasteiger partial charge on any atom is 0.252 e. The van der Waals surface area contributed by atoms with Crippen molar-refractivity contribution in [3.05, 3.63) is 88.2 Å². The fourth-order valence-corrected chi connectivity index (χ4v) is 6.22. The number of H-pyrrole nitrogens is 1. The van der Waals surface area contributed by atoms with Gasteiger partial charge in [0, 0.05) is 42.8 Å². The van der Waals surface area contributed by atoms with Gasteiger partial charge in [0.25, 0.3) is 5.91 Å². The standard InChI is InChI=1S/C33H36ClN5O2/c1-33(2)11-9-22(28(19-33)21-3-6-25(34)7-4-21)17-23-5-8-27(31(35)40)30(29(23)39-15-13-36-14-16-39)41-26-18-24-10-12-37-32(24)38-20-26/h3-8,10,12,18,20,36H,9,11,13-17,19H2,1-2H3,(H2,35,40)(H,37,38). The SMILES string of the molecule is CC1(C)CCC(Cc2ccc(C(N)=O)c(Oc3cnc4[nH]ccc4c3)c2N2CCNCC2)=C(c2ccc(Cl)cc2)C1. The van der Waals surface area contributed by atoms with Crippen LogP contribution in [0, 0.1) is 5.41 Å². The highest BCUT2D eigenvalue weighted by Crippen LogP contribution is 2.46. The van der Waals surface area contributed by atoms with Gasteiger partial charge in [-0.15, -0.1) is 0 Å². The molecule has 1 aliphatic heterocycles. The van der Waals surface area contributed by atoms with Gasteiger partial charge in [-0.3, -0.25) is 4.79 Å². The second-order valence-electron chi connectivity index (χ2n) is 11.8. The van der Waals surface area contributed by atoms with E-state index in [0.29, 0.717) is 17.1 Å². The molecule has 4 aromatic rings. The minimum atomic E-state index is -0.515. The highest BCUT2D eigenvalue weighted by molar-refractivity contribution is 6.30. The van der Waals surface area contributed by atoms with E-state index in [0.717, 1.165) is 79.2 Å². The van der Waals surface area contributed by atoms with Gasteiger partial charge < -0.3 is 25.7 Å². The summed E-state index contributed by atoms with van der Waals surface area (Å²) >= 11 is 6.24. The number of ether oxygens (including phenoxy) is 1. The molecule has 2 aromatic carbocycles. The van der Waals surface area contributed by atoms with Crippen LogP contribution in [0.5, 0.6) is 11.5 Å². The molecule has 0 spiro atoms. The van der Waals surface area contributed by atoms with Gasteiger partial charge in [0.05, 0.1) is 17.4 Å². The normalized spacial score (nSPS) is 17.2. The maximum absolute atomic E-state index is 12.7. The quantitative estimate of drug-likeness (QED) is 0.229. The number of carbonyl (C=O) groups is 1. The Morgan fingerprint density at radius 2 is 1.90 bits per heavy atom. The van der Waals surface area contributed by atoms with Crippen LogP contribution in [-0.4, -0.2) is 42.1 Å². The molecule has 6 rings (SSSR count). The van der Waals surface area contributed by atoms with Crippen LogP contribution < -0.4 is 20.7 Å². The number of hydrogen-bond donors (Lipinski definition) is 3. The lowest BCUT2D eigenvalue weighted by Gasteiger charge is -2.36. The number of allylic oxidation sites excluding steroid dienone is 2. The number of benzene rings is 2. The van der Waals surface area contributed by atoms with Crippen LogP contribution >= 0.6 is 11.6 Å². The molecular formula is C33H36ClN5O2. The highest BCUT2D eigenvalue weighted by Gasteiger charge is 2.30. The van der Waals surface area contributed by atoms with E-state index in [2.05, 4.69) is 52.2 Å². The lowest BCUT2D eigenvalue weighted by atomic mass is 9.71. The average Bonchev–Trinajstić information content (AvgIpc) is 3.43. The number of piperazine rings is 1. The molecule has 1 saturated heterocycles. The number of nitrogens with zero attached hydrogens (tertiary/aromatic N) is 2. The molecule has 7 nitrogen and oxygen atoms in total. The third-order valence-corrected chi connectivity index (χ3v) is 8.54. The van der Waals surface area contributed by atoms with Crippen molar-refractivity contribution >= 4 is 39.8 Å². The van der Waals surface area contributed by atoms with Crippen LogP contribution in [0.25, 0.3) is 16.6 Å². The smallest absolute Gasteiger partial charge is 0.252 e. The molecule has 41 heavy (non-hydrogen) atoms. The second kappa shape index (κ2) is 11.2. The summed E-state index contributed by atoms with van der Waals surface area (Å²) in [5.74, 6) is 0.547. The van der Waals surface area contributed by atoms with Crippen molar-refractivity contribution in [2.75, 3.05) is 31.1 Å². The Balaban J connectivity index is 1.48. The molecule has 212 valence electrons. The van der Waals surface area contributed by atoms with E-state index in [9.17, 15) is 4.79 Å². The number of nitrogens with one attached hydrogen (secondary N) is 2. The molecule has 0 saturated carbocycles. The number of aromatic amines is 1. The number of primary amides is 1. The summed E-state index contributed by atoms with van der Waals surface area (Å²) in [6, 6.07) is 16.0. The number of fused-ring (bicyclic) bond motifs is 1. The van der Waals surface area contributed by atoms with Crippen molar-refractivity contribution in [1.82, 2.24) is 15.3 Å². The zero-order chi connectivity index (χ0) is 28.6. The van der Waals surface area contributed by atoms with E-state index in [4.69, 9.17) is 22.1 Å². The summed E-state index contributed by atoms with van der Waals surface area (Å²) in [5.41, 5.74) is 13.4. The van der Waals surface area contributed by atoms with E-state index in [1.807, 2.05) is 36.5 Å². The molecule has 1 amide bonds. The van der Waals surface area contributed by atoms with E-state index in [1.54, 1.807) is 6.20 Å². The van der Waals surface area contributed by atoms with Crippen LogP contribution in [0.1, 0.15) is 54.6 Å². The molecular weight excluding hydrogens is 534 g/mol. The zero-order valence-electron chi connectivity index (χ0n) is 23.6. The summed E-state index contributed by atoms with van der Waals surface area (Å²) in [6.07, 6.45) is 7.42. The Hall–Kier alpha value is -3.81. The molecule has 2 aliphatic rings. The van der Waals surface area contributed by atoms with Crippen LogP contribution in [0.3, 0.4) is 0 Å². The Morgan fingerprint density at radius 3 is 2.66 bits per heavy atom. The lowest BCUT2D eigenvalue weighted by molar-refractivity contribution is 0.0998. The third-order valence-electron chi connectivity index (χ3n) is 8.29. The molecule has 1 fully saturated rings. The topological polar surface area (TPSA) is 96.3 Å². The lowest BCUT2D eigenvalue weighted by Crippen LogP contribution is -2.44. The molecule has 0 bridgehead atoms. The molecule has 0 radical (unpaired) electrons. The van der Waals surface area contributed by atoms with Crippen molar-refractivity contribution in [2.24, 2.45) is 11.1 Å². The highest BCUT2D eigenvalue weighted by atomic mass is 35.5. The fourth-order valence-electron chi connectivity index (χ4n) is 6.09. The number of rotatable bonds is 7. The van der Waals surface area contributed by atoms with Gasteiger partial charge in [-0.1, -0.05) is 49.2 Å². The van der Waals surface area contributed by atoms with Crippen LogP contribution in [-0.2, 0) is 6.42 Å². The maximum atomic E-state index is 12.7. The van der Waals surface area contributed by atoms with Gasteiger partial charge in [-0.25, -0.2) is 4.98 Å². The number of halogens is 1. The summed E-state index contributed by atoms with van der Waals surface area (Å²) in [6.45, 7) is 7.99. The summed E-state index contributed by atoms with van der Waals surface area (Å²) in [7, 11) is 0. The Kier molecular flexibility index (Phi) is 7.49. The first kappa shape index (κ1) is 27.4. The van der Waals surface area contributed by atoms with Crippen LogP contribution in [0.15, 0.2) is 66.5 Å². The number of hydrogen-bond acceptors (Lipinski definition) is 5. The fraction of sp³-hybridized carbons (Fsp3) is 0.333. The van der Waals surface area contributed by atoms with Crippen molar-refractivity contribution in [1.29, 1.82) is 0 Å². The van der Waals surface area contributed by atoms with Crippen molar-refractivity contribution in [3.8, 4) is 11.5 Å². The van der Waals surface area contributed by atoms with Gasteiger partial charge in [0.1, 0.15) is 11.4 Å². The molecule has 1 aliphatic carbocycles. The minimum Gasteiger partial charge on any atom is -0.453 e. The van der Waals surface area contributed by atoms with Gasteiger partial charge in [0.2, 0.25) is 0 Å². The van der Waals surface area contributed by atoms with Gasteiger partial charge in [-0.2, -0.15) is 0 Å². The van der Waals surface area contributed by atoms with Gasteiger partial charge >= 0.3 is 0 Å². The van der Waals surface area contributed by atoms with Crippen molar-refractivity contribution in [3.63, 3.8) is 0 Å². The first-order valence-electron chi connectivity index (χ1n) is 14.3. The van der Waals surface area contributed by atoms with Crippen molar-refractivity contribution in [2.45, 2.75) is 39.5 Å². The Labute approximate surface area is 245 Å². The summed E-state index contributed by atoms with van der Waals surface area (Å²) < 4.78 is 6.55. The third kappa shape index (κ3) is 5.83. The van der Waals surface area contributed by atoms with Gasteiger partial charge in [-0.05, 0) is 78.1 Å².